The van der Waals surface area contributed by atoms with Crippen molar-refractivity contribution in [2.75, 3.05) is 18.5 Å². The molecule has 0 saturated carbocycles. The highest BCUT2D eigenvalue weighted by atomic mass is 16.6. The zero-order valence-electron chi connectivity index (χ0n) is 17.4. The minimum Gasteiger partial charge on any atom is -0.484 e. The first-order valence-electron chi connectivity index (χ1n) is 9.51. The molecule has 3 amide bonds. The molecule has 0 spiro atoms. The molecular formula is C22H27N3O5. The lowest BCUT2D eigenvalue weighted by molar-refractivity contribution is -0.123. The van der Waals surface area contributed by atoms with E-state index < -0.39 is 17.6 Å². The highest BCUT2D eigenvalue weighted by molar-refractivity contribution is 5.93. The van der Waals surface area contributed by atoms with Crippen LogP contribution in [0.5, 0.6) is 5.75 Å². The second-order valence-corrected chi connectivity index (χ2v) is 7.48. The molecule has 3 N–H and O–H groups in total. The van der Waals surface area contributed by atoms with E-state index in [2.05, 4.69) is 16.0 Å². The van der Waals surface area contributed by atoms with Gasteiger partial charge in [0.05, 0.1) is 0 Å². The van der Waals surface area contributed by atoms with Crippen LogP contribution in [0.4, 0.5) is 10.5 Å². The molecule has 0 atom stereocenters. The van der Waals surface area contributed by atoms with E-state index in [1.54, 1.807) is 51.1 Å². The Kier molecular flexibility index (Phi) is 8.22. The van der Waals surface area contributed by atoms with Crippen LogP contribution >= 0.6 is 0 Å². The van der Waals surface area contributed by atoms with Gasteiger partial charge in [0.25, 0.3) is 5.91 Å². The minimum atomic E-state index is -0.660. The number of hydrogen-bond donors (Lipinski definition) is 3. The van der Waals surface area contributed by atoms with E-state index in [0.717, 1.165) is 5.56 Å². The van der Waals surface area contributed by atoms with Gasteiger partial charge in [-0.15, -0.1) is 0 Å². The number of benzene rings is 2. The van der Waals surface area contributed by atoms with Gasteiger partial charge in [-0.1, -0.05) is 30.3 Å². The first-order valence-corrected chi connectivity index (χ1v) is 9.51. The van der Waals surface area contributed by atoms with Gasteiger partial charge >= 0.3 is 6.09 Å². The predicted molar refractivity (Wildman–Crippen MR) is 113 cm³/mol. The Labute approximate surface area is 175 Å². The van der Waals surface area contributed by atoms with Crippen molar-refractivity contribution < 1.29 is 23.9 Å². The fraction of sp³-hybridized carbons (Fsp3) is 0.318. The zero-order chi connectivity index (χ0) is 22.0. The molecule has 0 fully saturated rings. The Morgan fingerprint density at radius 1 is 0.900 bits per heavy atom. The van der Waals surface area contributed by atoms with Crippen LogP contribution in [0.3, 0.4) is 0 Å². The lowest BCUT2D eigenvalue weighted by Crippen LogP contribution is -2.37. The Bertz CT molecular complexity index is 863. The van der Waals surface area contributed by atoms with Crippen molar-refractivity contribution in [2.24, 2.45) is 0 Å². The normalized spacial score (nSPS) is 10.6. The number of amides is 3. The maximum absolute atomic E-state index is 12.0. The van der Waals surface area contributed by atoms with Crippen LogP contribution < -0.4 is 20.7 Å². The van der Waals surface area contributed by atoms with Crippen LogP contribution in [-0.2, 0) is 20.9 Å². The van der Waals surface area contributed by atoms with E-state index in [4.69, 9.17) is 9.47 Å². The van der Waals surface area contributed by atoms with Crippen LogP contribution in [0.1, 0.15) is 26.3 Å². The Morgan fingerprint density at radius 2 is 1.63 bits per heavy atom. The second kappa shape index (κ2) is 10.8. The van der Waals surface area contributed by atoms with Gasteiger partial charge in [-0.2, -0.15) is 0 Å². The SMILES string of the molecule is CC(C)(C)OC(=O)NCC(=O)Nc1cccc(CNC(=O)COc2ccccc2)c1. The molecule has 8 nitrogen and oxygen atoms in total. The van der Waals surface area contributed by atoms with Crippen molar-refractivity contribution >= 4 is 23.6 Å². The first kappa shape index (κ1) is 22.7. The van der Waals surface area contributed by atoms with E-state index in [-0.39, 0.29) is 25.6 Å². The lowest BCUT2D eigenvalue weighted by Gasteiger charge is -2.19. The molecule has 0 saturated heterocycles. The molecule has 2 aromatic carbocycles. The average Bonchev–Trinajstić information content (AvgIpc) is 2.69. The number of para-hydroxylation sites is 1. The maximum Gasteiger partial charge on any atom is 0.408 e. The molecule has 2 rings (SSSR count). The predicted octanol–water partition coefficient (Wildman–Crippen LogP) is 2.85. The number of hydrogen-bond acceptors (Lipinski definition) is 5. The quantitative estimate of drug-likeness (QED) is 0.617. The molecule has 0 aliphatic carbocycles. The summed E-state index contributed by atoms with van der Waals surface area (Å²) in [6, 6.07) is 16.1. The van der Waals surface area contributed by atoms with Crippen LogP contribution in [0, 0.1) is 0 Å². The van der Waals surface area contributed by atoms with Crippen molar-refractivity contribution in [1.29, 1.82) is 0 Å². The van der Waals surface area contributed by atoms with Gasteiger partial charge in [-0.25, -0.2) is 4.79 Å². The summed E-state index contributed by atoms with van der Waals surface area (Å²) >= 11 is 0. The molecule has 0 unspecified atom stereocenters. The van der Waals surface area contributed by atoms with E-state index in [1.807, 2.05) is 24.3 Å². The summed E-state index contributed by atoms with van der Waals surface area (Å²) in [5.74, 6) is -0.0227. The van der Waals surface area contributed by atoms with E-state index in [9.17, 15) is 14.4 Å². The van der Waals surface area contributed by atoms with Gasteiger partial charge in [0.2, 0.25) is 5.91 Å². The summed E-state index contributed by atoms with van der Waals surface area (Å²) in [5.41, 5.74) is 0.727. The molecule has 30 heavy (non-hydrogen) atoms. The third-order valence-electron chi connectivity index (χ3n) is 3.61. The molecule has 0 aliphatic rings. The van der Waals surface area contributed by atoms with Crippen molar-refractivity contribution in [2.45, 2.75) is 32.9 Å². The van der Waals surface area contributed by atoms with Gasteiger partial charge in [0, 0.05) is 12.2 Å². The summed E-state index contributed by atoms with van der Waals surface area (Å²) < 4.78 is 10.5. The largest absolute Gasteiger partial charge is 0.484 e. The highest BCUT2D eigenvalue weighted by Gasteiger charge is 2.16. The van der Waals surface area contributed by atoms with Crippen molar-refractivity contribution in [3.63, 3.8) is 0 Å². The molecule has 160 valence electrons. The molecular weight excluding hydrogens is 386 g/mol. The third-order valence-corrected chi connectivity index (χ3v) is 3.61. The zero-order valence-corrected chi connectivity index (χ0v) is 17.4. The van der Waals surface area contributed by atoms with Crippen LogP contribution in [0.2, 0.25) is 0 Å². The van der Waals surface area contributed by atoms with E-state index in [0.29, 0.717) is 11.4 Å². The van der Waals surface area contributed by atoms with Crippen molar-refractivity contribution in [3.8, 4) is 5.75 Å². The molecule has 0 aliphatic heterocycles. The summed E-state index contributed by atoms with van der Waals surface area (Å²) in [6.07, 6.45) is -0.660. The average molecular weight is 413 g/mol. The fourth-order valence-corrected chi connectivity index (χ4v) is 2.35. The molecule has 2 aromatic rings. The maximum atomic E-state index is 12.0. The summed E-state index contributed by atoms with van der Waals surface area (Å²) in [5, 5.41) is 7.85. The molecule has 0 heterocycles. The van der Waals surface area contributed by atoms with Gasteiger partial charge in [0.1, 0.15) is 17.9 Å². The van der Waals surface area contributed by atoms with Crippen LogP contribution in [0.15, 0.2) is 54.6 Å². The van der Waals surface area contributed by atoms with Gasteiger partial charge in [-0.05, 0) is 50.6 Å². The fourth-order valence-electron chi connectivity index (χ4n) is 2.35. The Morgan fingerprint density at radius 3 is 2.33 bits per heavy atom. The minimum absolute atomic E-state index is 0.0865. The van der Waals surface area contributed by atoms with E-state index in [1.165, 1.54) is 0 Å². The number of carbonyl (C=O) groups excluding carboxylic acids is 3. The van der Waals surface area contributed by atoms with Gasteiger partial charge in [-0.3, -0.25) is 9.59 Å². The summed E-state index contributed by atoms with van der Waals surface area (Å²) in [6.45, 7) is 5.21. The number of rotatable bonds is 8. The van der Waals surface area contributed by atoms with Crippen LogP contribution in [0.25, 0.3) is 0 Å². The molecule has 8 heteroatoms. The number of ether oxygens (including phenoxy) is 2. The Hall–Kier alpha value is -3.55. The van der Waals surface area contributed by atoms with Gasteiger partial charge in [0.15, 0.2) is 6.61 Å². The summed E-state index contributed by atoms with van der Waals surface area (Å²) in [4.78, 5) is 35.6. The number of carbonyl (C=O) groups is 3. The number of nitrogens with one attached hydrogen (secondary N) is 3. The van der Waals surface area contributed by atoms with Gasteiger partial charge < -0.3 is 25.4 Å². The monoisotopic (exact) mass is 413 g/mol. The standard InChI is InChI=1S/C22H27N3O5/c1-22(2,3)30-21(28)24-14-19(26)25-17-9-7-8-16(12-17)13-23-20(27)15-29-18-10-5-4-6-11-18/h4-12H,13-15H2,1-3H3,(H,23,27)(H,24,28)(H,25,26). The topological polar surface area (TPSA) is 106 Å². The number of alkyl carbamates (subject to hydrolysis) is 1. The third kappa shape index (κ3) is 9.09. The number of anilines is 1. The molecule has 0 radical (unpaired) electrons. The van der Waals surface area contributed by atoms with Crippen molar-refractivity contribution in [1.82, 2.24) is 10.6 Å². The molecule has 0 bridgehead atoms. The first-order chi connectivity index (χ1) is 14.2. The lowest BCUT2D eigenvalue weighted by atomic mass is 10.2. The highest BCUT2D eigenvalue weighted by Crippen LogP contribution is 2.11. The smallest absolute Gasteiger partial charge is 0.408 e. The Balaban J connectivity index is 1.75. The van der Waals surface area contributed by atoms with E-state index >= 15 is 0 Å². The summed E-state index contributed by atoms with van der Waals surface area (Å²) in [7, 11) is 0. The van der Waals surface area contributed by atoms with Crippen molar-refractivity contribution in [3.05, 3.63) is 60.2 Å². The van der Waals surface area contributed by atoms with Crippen LogP contribution in [-0.4, -0.2) is 36.7 Å². The second-order valence-electron chi connectivity index (χ2n) is 7.48. The molecule has 0 aromatic heterocycles.